The van der Waals surface area contributed by atoms with E-state index in [2.05, 4.69) is 29.2 Å². The molecule has 1 N–H and O–H groups in total. The number of furan rings is 1. The second kappa shape index (κ2) is 8.75. The smallest absolute Gasteiger partial charge is 0.273 e. The molecule has 1 aliphatic heterocycles. The van der Waals surface area contributed by atoms with Gasteiger partial charge in [0.25, 0.3) is 5.91 Å². The third-order valence-electron chi connectivity index (χ3n) is 5.59. The van der Waals surface area contributed by atoms with Crippen LogP contribution in [-0.4, -0.2) is 35.1 Å². The lowest BCUT2D eigenvalue weighted by molar-refractivity contribution is 0.0930. The fourth-order valence-corrected chi connectivity index (χ4v) is 3.64. The highest BCUT2D eigenvalue weighted by molar-refractivity contribution is 5.95. The molecule has 3 aromatic rings. The molecule has 0 unspecified atom stereocenters. The van der Waals surface area contributed by atoms with E-state index in [0.717, 1.165) is 29.1 Å². The molecule has 1 aliphatic rings. The van der Waals surface area contributed by atoms with Crippen LogP contribution in [0.5, 0.6) is 5.75 Å². The van der Waals surface area contributed by atoms with E-state index in [1.165, 1.54) is 0 Å². The average molecular weight is 409 g/mol. The highest BCUT2D eigenvalue weighted by atomic mass is 16.5. The van der Waals surface area contributed by atoms with Crippen LogP contribution in [0.2, 0.25) is 0 Å². The molecular weight excluding hydrogens is 382 g/mol. The van der Waals surface area contributed by atoms with Crippen LogP contribution >= 0.6 is 0 Å². The van der Waals surface area contributed by atoms with Gasteiger partial charge in [-0.25, -0.2) is 0 Å². The van der Waals surface area contributed by atoms with Gasteiger partial charge in [0.1, 0.15) is 18.1 Å². The molecule has 4 rings (SSSR count). The van der Waals surface area contributed by atoms with Gasteiger partial charge in [-0.15, -0.1) is 0 Å². The first-order valence-electron chi connectivity index (χ1n) is 10.3. The van der Waals surface area contributed by atoms with Crippen LogP contribution in [0.25, 0.3) is 11.3 Å². The standard InChI is InChI=1S/C23H27N3O4/c1-4-16(3)26(13-17-6-5-11-28-17)10-9-24-23(27)21-19-14-29-20-8-7-15(2)12-18(20)22(19)30-25-21/h5-8,11-12,16H,4,9-10,13-14H2,1-3H3,(H,24,27)/t16-/m1/s1. The van der Waals surface area contributed by atoms with Crippen molar-refractivity contribution < 1.29 is 18.5 Å². The number of hydrogen-bond acceptors (Lipinski definition) is 6. The third-order valence-corrected chi connectivity index (χ3v) is 5.59. The fraction of sp³-hybridized carbons (Fsp3) is 0.391. The Morgan fingerprint density at radius 3 is 2.97 bits per heavy atom. The summed E-state index contributed by atoms with van der Waals surface area (Å²) in [5.41, 5.74) is 2.91. The number of hydrogen-bond donors (Lipinski definition) is 1. The monoisotopic (exact) mass is 409 g/mol. The quantitative estimate of drug-likeness (QED) is 0.602. The Hall–Kier alpha value is -3.06. The van der Waals surface area contributed by atoms with Crippen LogP contribution in [0.15, 0.2) is 45.5 Å². The van der Waals surface area contributed by atoms with Gasteiger partial charge in [-0.3, -0.25) is 9.69 Å². The highest BCUT2D eigenvalue weighted by Gasteiger charge is 2.29. The van der Waals surface area contributed by atoms with Gasteiger partial charge >= 0.3 is 0 Å². The van der Waals surface area contributed by atoms with E-state index >= 15 is 0 Å². The maximum absolute atomic E-state index is 12.8. The average Bonchev–Trinajstić information content (AvgIpc) is 3.42. The molecule has 0 saturated heterocycles. The summed E-state index contributed by atoms with van der Waals surface area (Å²) in [6.45, 7) is 8.53. The number of amides is 1. The number of aryl methyl sites for hydroxylation is 1. The van der Waals surface area contributed by atoms with Gasteiger partial charge in [0.15, 0.2) is 11.5 Å². The summed E-state index contributed by atoms with van der Waals surface area (Å²) in [5.74, 6) is 2.03. The molecule has 158 valence electrons. The predicted molar refractivity (Wildman–Crippen MR) is 112 cm³/mol. The minimum absolute atomic E-state index is 0.248. The molecule has 0 radical (unpaired) electrons. The topological polar surface area (TPSA) is 80.7 Å². The van der Waals surface area contributed by atoms with E-state index in [1.54, 1.807) is 6.26 Å². The maximum Gasteiger partial charge on any atom is 0.273 e. The van der Waals surface area contributed by atoms with Gasteiger partial charge in [-0.05, 0) is 44.5 Å². The van der Waals surface area contributed by atoms with Crippen molar-refractivity contribution in [2.24, 2.45) is 0 Å². The van der Waals surface area contributed by atoms with Crippen molar-refractivity contribution in [2.75, 3.05) is 13.1 Å². The molecule has 2 aromatic heterocycles. The largest absolute Gasteiger partial charge is 0.488 e. The van der Waals surface area contributed by atoms with Gasteiger partial charge in [0.05, 0.1) is 23.9 Å². The summed E-state index contributed by atoms with van der Waals surface area (Å²) >= 11 is 0. The zero-order valence-corrected chi connectivity index (χ0v) is 17.6. The van der Waals surface area contributed by atoms with Crippen molar-refractivity contribution in [3.63, 3.8) is 0 Å². The summed E-state index contributed by atoms with van der Waals surface area (Å²) in [6.07, 6.45) is 2.70. The molecule has 0 fully saturated rings. The first-order chi connectivity index (χ1) is 14.6. The van der Waals surface area contributed by atoms with Crippen LogP contribution in [0.1, 0.15) is 47.6 Å². The van der Waals surface area contributed by atoms with Crippen molar-refractivity contribution in [1.82, 2.24) is 15.4 Å². The number of fused-ring (bicyclic) bond motifs is 3. The third kappa shape index (κ3) is 4.11. The van der Waals surface area contributed by atoms with Crippen LogP contribution in [0, 0.1) is 6.92 Å². The minimum atomic E-state index is -0.248. The van der Waals surface area contributed by atoms with E-state index in [0.29, 0.717) is 42.7 Å². The van der Waals surface area contributed by atoms with Gasteiger partial charge in [0.2, 0.25) is 0 Å². The van der Waals surface area contributed by atoms with Crippen molar-refractivity contribution >= 4 is 5.91 Å². The molecule has 3 heterocycles. The normalized spacial score (nSPS) is 13.5. The van der Waals surface area contributed by atoms with Crippen molar-refractivity contribution in [1.29, 1.82) is 0 Å². The molecule has 7 heteroatoms. The van der Waals surface area contributed by atoms with E-state index in [1.807, 2.05) is 37.3 Å². The first kappa shape index (κ1) is 20.2. The summed E-state index contributed by atoms with van der Waals surface area (Å²) in [5, 5.41) is 7.01. The number of nitrogens with one attached hydrogen (secondary N) is 1. The van der Waals surface area contributed by atoms with E-state index in [4.69, 9.17) is 13.7 Å². The van der Waals surface area contributed by atoms with Crippen LogP contribution in [0.4, 0.5) is 0 Å². The predicted octanol–water partition coefficient (Wildman–Crippen LogP) is 4.17. The number of carbonyl (C=O) groups excluding carboxylic acids is 1. The van der Waals surface area contributed by atoms with Crippen LogP contribution in [-0.2, 0) is 13.2 Å². The first-order valence-corrected chi connectivity index (χ1v) is 10.3. The molecule has 0 bridgehead atoms. The zero-order valence-electron chi connectivity index (χ0n) is 17.6. The van der Waals surface area contributed by atoms with Gasteiger partial charge in [-0.1, -0.05) is 23.7 Å². The Morgan fingerprint density at radius 1 is 1.33 bits per heavy atom. The Morgan fingerprint density at radius 2 is 2.20 bits per heavy atom. The van der Waals surface area contributed by atoms with Crippen molar-refractivity contribution in [3.05, 3.63) is 59.2 Å². The van der Waals surface area contributed by atoms with Gasteiger partial charge in [0, 0.05) is 19.1 Å². The number of ether oxygens (including phenoxy) is 1. The Labute approximate surface area is 176 Å². The highest BCUT2D eigenvalue weighted by Crippen LogP contribution is 2.39. The molecule has 1 atom stereocenters. The number of carbonyl (C=O) groups is 1. The molecule has 0 aliphatic carbocycles. The maximum atomic E-state index is 12.8. The molecule has 0 spiro atoms. The molecule has 7 nitrogen and oxygen atoms in total. The van der Waals surface area contributed by atoms with E-state index in [9.17, 15) is 4.79 Å². The second-order valence-corrected chi connectivity index (χ2v) is 7.69. The van der Waals surface area contributed by atoms with Crippen LogP contribution in [0.3, 0.4) is 0 Å². The zero-order chi connectivity index (χ0) is 21.1. The van der Waals surface area contributed by atoms with E-state index < -0.39 is 0 Å². The SMILES string of the molecule is CC[C@@H](C)N(CCNC(=O)c1noc2c1COc1ccc(C)cc1-2)Cc1ccco1. The van der Waals surface area contributed by atoms with Crippen molar-refractivity contribution in [2.45, 2.75) is 46.4 Å². The summed E-state index contributed by atoms with van der Waals surface area (Å²) in [6, 6.07) is 10.1. The fourth-order valence-electron chi connectivity index (χ4n) is 3.64. The molecule has 30 heavy (non-hydrogen) atoms. The number of nitrogens with zero attached hydrogens (tertiary/aromatic N) is 2. The second-order valence-electron chi connectivity index (χ2n) is 7.69. The van der Waals surface area contributed by atoms with Gasteiger partial charge in [-0.2, -0.15) is 0 Å². The lowest BCUT2D eigenvalue weighted by Gasteiger charge is -2.27. The Kier molecular flexibility index (Phi) is 5.90. The lowest BCUT2D eigenvalue weighted by atomic mass is 10.0. The summed E-state index contributed by atoms with van der Waals surface area (Å²) in [4.78, 5) is 15.1. The Balaban J connectivity index is 1.41. The molecule has 0 saturated carbocycles. The van der Waals surface area contributed by atoms with Gasteiger partial charge < -0.3 is 19.0 Å². The molecular formula is C23H27N3O4. The number of benzene rings is 1. The molecule has 1 aromatic carbocycles. The molecule has 1 amide bonds. The lowest BCUT2D eigenvalue weighted by Crippen LogP contribution is -2.39. The number of rotatable bonds is 8. The number of aromatic nitrogens is 1. The Bertz CT molecular complexity index is 1010. The summed E-state index contributed by atoms with van der Waals surface area (Å²) < 4.78 is 16.8. The summed E-state index contributed by atoms with van der Waals surface area (Å²) in [7, 11) is 0. The minimum Gasteiger partial charge on any atom is -0.488 e. The van der Waals surface area contributed by atoms with Crippen LogP contribution < -0.4 is 10.1 Å². The van der Waals surface area contributed by atoms with E-state index in [-0.39, 0.29) is 12.5 Å². The van der Waals surface area contributed by atoms with Crippen molar-refractivity contribution in [3.8, 4) is 17.1 Å².